The molecule has 0 aliphatic heterocycles. The minimum atomic E-state index is -0.535. The Morgan fingerprint density at radius 3 is 2.33 bits per heavy atom. The highest BCUT2D eigenvalue weighted by Crippen LogP contribution is 2.32. The third-order valence-corrected chi connectivity index (χ3v) is 6.69. The maximum atomic E-state index is 13.8. The molecule has 4 aromatic carbocycles. The molecule has 0 atom stereocenters. The molecule has 1 aromatic heterocycles. The molecular formula is C33H28N4O5. The average molecular weight is 561 g/mol. The fourth-order valence-corrected chi connectivity index (χ4v) is 4.73. The van der Waals surface area contributed by atoms with Gasteiger partial charge >= 0.3 is 11.9 Å². The summed E-state index contributed by atoms with van der Waals surface area (Å²) in [6, 6.07) is 25.5. The molecule has 0 radical (unpaired) electrons. The van der Waals surface area contributed by atoms with E-state index < -0.39 is 11.9 Å². The van der Waals surface area contributed by atoms with Gasteiger partial charge < -0.3 is 14.2 Å². The number of azide groups is 1. The van der Waals surface area contributed by atoms with E-state index in [1.807, 2.05) is 54.6 Å². The van der Waals surface area contributed by atoms with Gasteiger partial charge in [-0.3, -0.25) is 0 Å². The van der Waals surface area contributed by atoms with E-state index in [0.29, 0.717) is 75.1 Å². The van der Waals surface area contributed by atoms with Gasteiger partial charge in [-0.1, -0.05) is 53.6 Å². The minimum Gasteiger partial charge on any atom is -0.494 e. The Morgan fingerprint density at radius 2 is 1.57 bits per heavy atom. The molecule has 1 heterocycles. The summed E-state index contributed by atoms with van der Waals surface area (Å²) in [5, 5.41) is 4.79. The predicted octanol–water partition coefficient (Wildman–Crippen LogP) is 7.66. The van der Waals surface area contributed by atoms with E-state index in [9.17, 15) is 9.59 Å². The monoisotopic (exact) mass is 560 g/mol. The van der Waals surface area contributed by atoms with Gasteiger partial charge in [0.25, 0.3) is 0 Å². The van der Waals surface area contributed by atoms with Crippen LogP contribution in [-0.4, -0.2) is 30.1 Å². The van der Waals surface area contributed by atoms with Crippen LogP contribution < -0.4 is 9.47 Å². The maximum absolute atomic E-state index is 13.8. The van der Waals surface area contributed by atoms with Crippen molar-refractivity contribution >= 4 is 33.7 Å². The Hall–Kier alpha value is -5.40. The highest BCUT2D eigenvalue weighted by molar-refractivity contribution is 6.15. The summed E-state index contributed by atoms with van der Waals surface area (Å²) >= 11 is 0. The standard InChI is InChI=1S/C33H28N4O5/c1-21-17-24(32(38)41-20-23-9-4-3-5-10-23)18-22(2)31(21)42-33(39)30-26-11-6-7-12-28(26)36-29-19-25(13-14-27(29)30)40-16-8-15-35-37-34/h3-7,9-14,17-19H,8,15-16,20H2,1-2H3. The first kappa shape index (κ1) is 28.1. The van der Waals surface area contributed by atoms with Crippen molar-refractivity contribution in [2.24, 2.45) is 5.11 Å². The normalized spacial score (nSPS) is 10.7. The molecule has 0 saturated heterocycles. The highest BCUT2D eigenvalue weighted by Gasteiger charge is 2.21. The zero-order valence-electron chi connectivity index (χ0n) is 23.2. The number of hydrogen-bond acceptors (Lipinski definition) is 7. The fraction of sp³-hybridized carbons (Fsp3) is 0.182. The van der Waals surface area contributed by atoms with Gasteiger partial charge in [0, 0.05) is 28.3 Å². The molecule has 0 unspecified atom stereocenters. The lowest BCUT2D eigenvalue weighted by Crippen LogP contribution is -2.13. The van der Waals surface area contributed by atoms with Gasteiger partial charge in [-0.2, -0.15) is 0 Å². The molecule has 0 saturated carbocycles. The molecule has 9 heteroatoms. The lowest BCUT2D eigenvalue weighted by molar-refractivity contribution is 0.0472. The maximum Gasteiger partial charge on any atom is 0.344 e. The first-order valence-electron chi connectivity index (χ1n) is 13.4. The van der Waals surface area contributed by atoms with Crippen LogP contribution in [0.4, 0.5) is 0 Å². The van der Waals surface area contributed by atoms with Crippen molar-refractivity contribution in [3.8, 4) is 11.5 Å². The molecule has 0 aliphatic rings. The molecule has 0 spiro atoms. The molecule has 42 heavy (non-hydrogen) atoms. The van der Waals surface area contributed by atoms with Crippen molar-refractivity contribution in [3.63, 3.8) is 0 Å². The van der Waals surface area contributed by atoms with Crippen molar-refractivity contribution in [1.82, 2.24) is 4.98 Å². The number of esters is 2. The largest absolute Gasteiger partial charge is 0.494 e. The number of pyridine rings is 1. The second-order valence-corrected chi connectivity index (χ2v) is 9.73. The van der Waals surface area contributed by atoms with Gasteiger partial charge in [-0.05, 0) is 72.8 Å². The third-order valence-electron chi connectivity index (χ3n) is 6.69. The van der Waals surface area contributed by atoms with Crippen LogP contribution >= 0.6 is 0 Å². The Morgan fingerprint density at radius 1 is 0.857 bits per heavy atom. The molecule has 0 bridgehead atoms. The number of rotatable bonds is 10. The van der Waals surface area contributed by atoms with Crippen LogP contribution in [-0.2, 0) is 11.3 Å². The van der Waals surface area contributed by atoms with E-state index in [4.69, 9.17) is 24.7 Å². The number of aryl methyl sites for hydroxylation is 2. The Labute approximate surface area is 242 Å². The fourth-order valence-electron chi connectivity index (χ4n) is 4.73. The van der Waals surface area contributed by atoms with Gasteiger partial charge in [0.2, 0.25) is 0 Å². The molecule has 0 aliphatic carbocycles. The van der Waals surface area contributed by atoms with Crippen LogP contribution in [0.25, 0.3) is 32.2 Å². The highest BCUT2D eigenvalue weighted by atomic mass is 16.5. The zero-order chi connectivity index (χ0) is 29.5. The number of para-hydroxylation sites is 1. The topological polar surface area (TPSA) is 123 Å². The summed E-state index contributed by atoms with van der Waals surface area (Å²) in [5.41, 5.74) is 12.6. The van der Waals surface area contributed by atoms with Gasteiger partial charge in [0.1, 0.15) is 18.1 Å². The average Bonchev–Trinajstić information content (AvgIpc) is 3.00. The van der Waals surface area contributed by atoms with Crippen molar-refractivity contribution < 1.29 is 23.8 Å². The van der Waals surface area contributed by atoms with Crippen LogP contribution in [0.15, 0.2) is 90.0 Å². The van der Waals surface area contributed by atoms with Crippen LogP contribution in [0, 0.1) is 13.8 Å². The number of nitrogens with zero attached hydrogens (tertiary/aromatic N) is 4. The number of fused-ring (bicyclic) bond motifs is 2. The third kappa shape index (κ3) is 6.32. The smallest absolute Gasteiger partial charge is 0.344 e. The summed E-state index contributed by atoms with van der Waals surface area (Å²) in [6.45, 7) is 4.47. The van der Waals surface area contributed by atoms with Gasteiger partial charge in [0.15, 0.2) is 0 Å². The predicted molar refractivity (Wildman–Crippen MR) is 160 cm³/mol. The molecule has 210 valence electrons. The molecule has 0 amide bonds. The lowest BCUT2D eigenvalue weighted by atomic mass is 10.0. The first-order chi connectivity index (χ1) is 20.4. The zero-order valence-corrected chi connectivity index (χ0v) is 23.2. The number of carbonyl (C=O) groups excluding carboxylic acids is 2. The quantitative estimate of drug-likeness (QED) is 0.0328. The van der Waals surface area contributed by atoms with E-state index in [-0.39, 0.29) is 6.61 Å². The second-order valence-electron chi connectivity index (χ2n) is 9.73. The second kappa shape index (κ2) is 12.8. The molecule has 5 aromatic rings. The van der Waals surface area contributed by atoms with E-state index in [1.165, 1.54) is 0 Å². The van der Waals surface area contributed by atoms with E-state index in [1.54, 1.807) is 44.2 Å². The number of ether oxygens (including phenoxy) is 3. The molecule has 0 N–H and O–H groups in total. The molecule has 5 rings (SSSR count). The number of hydrogen-bond donors (Lipinski definition) is 0. The molecule has 0 fully saturated rings. The summed E-state index contributed by atoms with van der Waals surface area (Å²) in [5.74, 6) is -0.0160. The Bertz CT molecular complexity index is 1810. The Kier molecular flexibility index (Phi) is 8.61. The molecular weight excluding hydrogens is 532 g/mol. The van der Waals surface area contributed by atoms with Crippen LogP contribution in [0.2, 0.25) is 0 Å². The summed E-state index contributed by atoms with van der Waals surface area (Å²) < 4.78 is 17.3. The van der Waals surface area contributed by atoms with Crippen molar-refractivity contribution in [3.05, 3.63) is 123 Å². The van der Waals surface area contributed by atoms with Crippen LogP contribution in [0.5, 0.6) is 11.5 Å². The molecule has 9 nitrogen and oxygen atoms in total. The summed E-state index contributed by atoms with van der Waals surface area (Å²) in [7, 11) is 0. The Balaban J connectivity index is 1.40. The van der Waals surface area contributed by atoms with E-state index >= 15 is 0 Å². The minimum absolute atomic E-state index is 0.166. The lowest BCUT2D eigenvalue weighted by Gasteiger charge is -2.15. The summed E-state index contributed by atoms with van der Waals surface area (Å²) in [6.07, 6.45) is 0.576. The van der Waals surface area contributed by atoms with Crippen molar-refractivity contribution in [1.29, 1.82) is 0 Å². The SMILES string of the molecule is Cc1cc(C(=O)OCc2ccccc2)cc(C)c1OC(=O)c1c2ccccc2nc2cc(OCCCN=[N+]=[N-])ccc12. The van der Waals surface area contributed by atoms with Crippen molar-refractivity contribution in [2.75, 3.05) is 13.2 Å². The first-order valence-corrected chi connectivity index (χ1v) is 13.4. The van der Waals surface area contributed by atoms with Gasteiger partial charge in [-0.25, -0.2) is 14.6 Å². The van der Waals surface area contributed by atoms with E-state index in [0.717, 1.165) is 5.56 Å². The van der Waals surface area contributed by atoms with Gasteiger partial charge in [-0.15, -0.1) is 0 Å². The van der Waals surface area contributed by atoms with Crippen LogP contribution in [0.1, 0.15) is 43.8 Å². The number of carbonyl (C=O) groups is 2. The van der Waals surface area contributed by atoms with Crippen molar-refractivity contribution in [2.45, 2.75) is 26.9 Å². The summed E-state index contributed by atoms with van der Waals surface area (Å²) in [4.78, 5) is 34.0. The number of benzene rings is 4. The van der Waals surface area contributed by atoms with Crippen LogP contribution in [0.3, 0.4) is 0 Å². The van der Waals surface area contributed by atoms with Gasteiger partial charge in [0.05, 0.1) is 28.8 Å². The van der Waals surface area contributed by atoms with E-state index in [2.05, 4.69) is 10.0 Å². The number of aromatic nitrogens is 1.